The maximum atomic E-state index is 10.1. The maximum Gasteiger partial charge on any atom is 0.0568 e. The van der Waals surface area contributed by atoms with Gasteiger partial charge in [-0.25, -0.2) is 0 Å². The molecule has 3 fully saturated rings. The lowest BCUT2D eigenvalue weighted by atomic mass is 9.60. The summed E-state index contributed by atoms with van der Waals surface area (Å²) in [5.41, 5.74) is 1.12. The van der Waals surface area contributed by atoms with E-state index in [1.165, 1.54) is 32.1 Å². The monoisotopic (exact) mass is 264 g/mol. The van der Waals surface area contributed by atoms with E-state index in [-0.39, 0.29) is 6.10 Å². The first-order valence-electron chi connectivity index (χ1n) is 8.58. The number of aliphatic hydroxyl groups is 1. The summed E-state index contributed by atoms with van der Waals surface area (Å²) in [6.45, 7) is 9.89. The van der Waals surface area contributed by atoms with E-state index in [2.05, 4.69) is 27.7 Å². The molecule has 0 spiro atoms. The third-order valence-corrected chi connectivity index (χ3v) is 7.94. The van der Waals surface area contributed by atoms with Crippen LogP contribution in [0.4, 0.5) is 0 Å². The van der Waals surface area contributed by atoms with Gasteiger partial charge in [-0.05, 0) is 73.0 Å². The zero-order chi connectivity index (χ0) is 13.8. The third-order valence-electron chi connectivity index (χ3n) is 7.94. The number of rotatable bonds is 2. The van der Waals surface area contributed by atoms with Gasteiger partial charge in [0, 0.05) is 0 Å². The van der Waals surface area contributed by atoms with E-state index in [0.29, 0.717) is 16.7 Å². The highest BCUT2D eigenvalue weighted by Gasteiger charge is 2.62. The molecular weight excluding hydrogens is 232 g/mol. The Bertz CT molecular complexity index is 348. The summed E-state index contributed by atoms with van der Waals surface area (Å²) in [5.74, 6) is 3.37. The van der Waals surface area contributed by atoms with Crippen molar-refractivity contribution >= 4 is 0 Å². The summed E-state index contributed by atoms with van der Waals surface area (Å²) < 4.78 is 0. The van der Waals surface area contributed by atoms with Crippen molar-refractivity contribution in [3.8, 4) is 0 Å². The molecule has 2 bridgehead atoms. The molecule has 0 aromatic rings. The van der Waals surface area contributed by atoms with E-state index >= 15 is 0 Å². The third kappa shape index (κ3) is 1.83. The van der Waals surface area contributed by atoms with Crippen molar-refractivity contribution in [2.24, 2.45) is 34.5 Å². The Morgan fingerprint density at radius 2 is 1.79 bits per heavy atom. The van der Waals surface area contributed by atoms with E-state index < -0.39 is 0 Å². The summed E-state index contributed by atoms with van der Waals surface area (Å²) in [6.07, 6.45) is 9.16. The fourth-order valence-electron chi connectivity index (χ4n) is 6.07. The van der Waals surface area contributed by atoms with Gasteiger partial charge in [-0.2, -0.15) is 0 Å². The van der Waals surface area contributed by atoms with Gasteiger partial charge in [-0.3, -0.25) is 0 Å². The standard InChI is InChI=1S/C18H32O/c1-5-12-10-13(6-7-16(12)19)15-11-14-8-9-18(15,4)17(14,2)3/h12-16,19H,5-11H2,1-4H3/t12?,13?,14-,15+,16?,18+/m0/s1. The van der Waals surface area contributed by atoms with Gasteiger partial charge in [0.05, 0.1) is 6.10 Å². The number of aliphatic hydroxyl groups excluding tert-OH is 1. The minimum Gasteiger partial charge on any atom is -0.393 e. The molecule has 3 aliphatic rings. The van der Waals surface area contributed by atoms with Gasteiger partial charge in [-0.1, -0.05) is 34.1 Å². The van der Waals surface area contributed by atoms with Crippen molar-refractivity contribution in [1.82, 2.24) is 0 Å². The summed E-state index contributed by atoms with van der Waals surface area (Å²) >= 11 is 0. The lowest BCUT2D eigenvalue weighted by Crippen LogP contribution is -2.39. The fourth-order valence-corrected chi connectivity index (χ4v) is 6.07. The van der Waals surface area contributed by atoms with E-state index in [9.17, 15) is 5.11 Å². The van der Waals surface area contributed by atoms with Crippen molar-refractivity contribution in [3.63, 3.8) is 0 Å². The molecule has 0 aromatic carbocycles. The molecule has 0 aliphatic heterocycles. The molecule has 0 aromatic heterocycles. The van der Waals surface area contributed by atoms with Gasteiger partial charge in [0.2, 0.25) is 0 Å². The van der Waals surface area contributed by atoms with Crippen LogP contribution in [-0.2, 0) is 0 Å². The van der Waals surface area contributed by atoms with Crippen molar-refractivity contribution in [1.29, 1.82) is 0 Å². The Kier molecular flexibility index (Phi) is 3.28. The van der Waals surface area contributed by atoms with Crippen LogP contribution in [0.2, 0.25) is 0 Å². The molecule has 3 saturated carbocycles. The van der Waals surface area contributed by atoms with E-state index in [1.807, 2.05) is 0 Å². The van der Waals surface area contributed by atoms with Gasteiger partial charge in [0.25, 0.3) is 0 Å². The largest absolute Gasteiger partial charge is 0.393 e. The van der Waals surface area contributed by atoms with Gasteiger partial charge in [0.15, 0.2) is 0 Å². The van der Waals surface area contributed by atoms with Gasteiger partial charge < -0.3 is 5.11 Å². The highest BCUT2D eigenvalue weighted by atomic mass is 16.3. The average Bonchev–Trinajstić information content (AvgIpc) is 2.72. The molecule has 19 heavy (non-hydrogen) atoms. The van der Waals surface area contributed by atoms with Crippen molar-refractivity contribution < 1.29 is 5.11 Å². The molecule has 3 aliphatic carbocycles. The minimum absolute atomic E-state index is 0.0133. The van der Waals surface area contributed by atoms with E-state index in [0.717, 1.165) is 30.6 Å². The second-order valence-corrected chi connectivity index (χ2v) is 8.53. The van der Waals surface area contributed by atoms with Crippen LogP contribution >= 0.6 is 0 Å². The molecule has 0 amide bonds. The summed E-state index contributed by atoms with van der Waals surface area (Å²) in [7, 11) is 0. The zero-order valence-corrected chi connectivity index (χ0v) is 13.3. The zero-order valence-electron chi connectivity index (χ0n) is 13.3. The summed E-state index contributed by atoms with van der Waals surface area (Å²) in [4.78, 5) is 0. The molecule has 0 heterocycles. The normalized spacial score (nSPS) is 52.6. The lowest BCUT2D eigenvalue weighted by Gasteiger charge is -2.46. The Balaban J connectivity index is 1.78. The number of fused-ring (bicyclic) bond motifs is 2. The first-order chi connectivity index (χ1) is 8.90. The predicted octanol–water partition coefficient (Wildman–Crippen LogP) is 4.64. The first kappa shape index (κ1) is 13.9. The molecule has 1 heteroatoms. The van der Waals surface area contributed by atoms with Crippen LogP contribution in [0.3, 0.4) is 0 Å². The molecular formula is C18H32O. The van der Waals surface area contributed by atoms with Gasteiger partial charge in [-0.15, -0.1) is 0 Å². The molecule has 110 valence electrons. The van der Waals surface area contributed by atoms with E-state index in [1.54, 1.807) is 0 Å². The highest BCUT2D eigenvalue weighted by molar-refractivity contribution is 5.11. The first-order valence-corrected chi connectivity index (χ1v) is 8.58. The van der Waals surface area contributed by atoms with Gasteiger partial charge in [0.1, 0.15) is 0 Å². The van der Waals surface area contributed by atoms with Crippen LogP contribution in [0.25, 0.3) is 0 Å². The average molecular weight is 264 g/mol. The topological polar surface area (TPSA) is 20.2 Å². The van der Waals surface area contributed by atoms with Crippen LogP contribution in [-0.4, -0.2) is 11.2 Å². The minimum atomic E-state index is -0.0133. The Morgan fingerprint density at radius 1 is 1.05 bits per heavy atom. The SMILES string of the molecule is CCC1CC([C@H]2C[C@@H]3CC[C@@]2(C)C3(C)C)CCC1O. The van der Waals surface area contributed by atoms with E-state index in [4.69, 9.17) is 0 Å². The Labute approximate surface area is 119 Å². The Morgan fingerprint density at radius 3 is 2.32 bits per heavy atom. The molecule has 1 nitrogen and oxygen atoms in total. The molecule has 6 atom stereocenters. The molecule has 0 radical (unpaired) electrons. The Hall–Kier alpha value is -0.0400. The van der Waals surface area contributed by atoms with Crippen molar-refractivity contribution in [2.75, 3.05) is 0 Å². The smallest absolute Gasteiger partial charge is 0.0568 e. The number of hydrogen-bond donors (Lipinski definition) is 1. The fraction of sp³-hybridized carbons (Fsp3) is 1.00. The van der Waals surface area contributed by atoms with Crippen LogP contribution in [0.5, 0.6) is 0 Å². The second kappa shape index (κ2) is 4.48. The van der Waals surface area contributed by atoms with Crippen LogP contribution in [0.1, 0.15) is 72.6 Å². The predicted molar refractivity (Wildman–Crippen MR) is 79.8 cm³/mol. The van der Waals surface area contributed by atoms with Crippen LogP contribution in [0.15, 0.2) is 0 Å². The molecule has 3 rings (SSSR count). The highest BCUT2D eigenvalue weighted by Crippen LogP contribution is 2.70. The van der Waals surface area contributed by atoms with Crippen molar-refractivity contribution in [2.45, 2.75) is 78.7 Å². The number of hydrogen-bond acceptors (Lipinski definition) is 1. The molecule has 3 unspecified atom stereocenters. The quantitative estimate of drug-likeness (QED) is 0.770. The molecule has 0 saturated heterocycles. The van der Waals surface area contributed by atoms with Crippen molar-refractivity contribution in [3.05, 3.63) is 0 Å². The summed E-state index contributed by atoms with van der Waals surface area (Å²) in [6, 6.07) is 0. The van der Waals surface area contributed by atoms with Crippen LogP contribution in [0, 0.1) is 34.5 Å². The lowest BCUT2D eigenvalue weighted by molar-refractivity contribution is -0.00565. The van der Waals surface area contributed by atoms with Gasteiger partial charge >= 0.3 is 0 Å². The summed E-state index contributed by atoms with van der Waals surface area (Å²) in [5, 5.41) is 10.1. The molecule has 1 N–H and O–H groups in total. The second-order valence-electron chi connectivity index (χ2n) is 8.53. The maximum absolute atomic E-state index is 10.1. The van der Waals surface area contributed by atoms with Crippen LogP contribution < -0.4 is 0 Å².